The molecule has 6 heteroatoms. The Morgan fingerprint density at radius 2 is 2.00 bits per heavy atom. The number of nitrogens with one attached hydrogen (secondary N) is 1. The standard InChI is InChI=1S/C11H19NO5/c1-8(2)17-10(15)12-7-11(9(13)14)3-5-16-6-4-11/h8H,3-7H2,1-2H3,(H,12,15)(H,13,14). The van der Waals surface area contributed by atoms with E-state index in [0.717, 1.165) is 0 Å². The Morgan fingerprint density at radius 3 is 2.47 bits per heavy atom. The summed E-state index contributed by atoms with van der Waals surface area (Å²) in [7, 11) is 0. The summed E-state index contributed by atoms with van der Waals surface area (Å²) in [6.45, 7) is 4.37. The van der Waals surface area contributed by atoms with Gasteiger partial charge in [-0.3, -0.25) is 4.79 Å². The van der Waals surface area contributed by atoms with E-state index in [1.54, 1.807) is 13.8 Å². The van der Waals surface area contributed by atoms with Crippen LogP contribution < -0.4 is 5.32 Å². The monoisotopic (exact) mass is 245 g/mol. The Balaban J connectivity index is 2.50. The first kappa shape index (κ1) is 13.8. The summed E-state index contributed by atoms with van der Waals surface area (Å²) in [4.78, 5) is 22.6. The smallest absolute Gasteiger partial charge is 0.407 e. The topological polar surface area (TPSA) is 84.9 Å². The lowest BCUT2D eigenvalue weighted by molar-refractivity contribution is -0.154. The minimum atomic E-state index is -0.922. The van der Waals surface area contributed by atoms with Gasteiger partial charge in [0.05, 0.1) is 11.5 Å². The molecule has 0 aromatic heterocycles. The molecule has 0 unspecified atom stereocenters. The number of ether oxygens (including phenoxy) is 2. The molecule has 6 nitrogen and oxygen atoms in total. The first-order valence-electron chi connectivity index (χ1n) is 5.72. The molecule has 1 aliphatic heterocycles. The van der Waals surface area contributed by atoms with Crippen LogP contribution in [0.3, 0.4) is 0 Å². The zero-order valence-corrected chi connectivity index (χ0v) is 10.2. The van der Waals surface area contributed by atoms with Crippen LogP contribution in [0.5, 0.6) is 0 Å². The summed E-state index contributed by atoms with van der Waals surface area (Å²) in [6, 6.07) is 0. The fourth-order valence-corrected chi connectivity index (χ4v) is 1.73. The van der Waals surface area contributed by atoms with Crippen LogP contribution in [0.4, 0.5) is 4.79 Å². The van der Waals surface area contributed by atoms with Crippen molar-refractivity contribution >= 4 is 12.1 Å². The third-order valence-electron chi connectivity index (χ3n) is 2.82. The first-order chi connectivity index (χ1) is 7.96. The molecule has 0 saturated carbocycles. The second-order valence-electron chi connectivity index (χ2n) is 4.51. The van der Waals surface area contributed by atoms with Gasteiger partial charge in [0.25, 0.3) is 0 Å². The van der Waals surface area contributed by atoms with E-state index in [9.17, 15) is 14.7 Å². The molecule has 1 rings (SSSR count). The Labute approximate surface area is 100 Å². The zero-order valence-electron chi connectivity index (χ0n) is 10.2. The maximum absolute atomic E-state index is 11.3. The minimum absolute atomic E-state index is 0.0806. The van der Waals surface area contributed by atoms with Crippen molar-refractivity contribution in [1.82, 2.24) is 5.32 Å². The molecule has 1 saturated heterocycles. The average molecular weight is 245 g/mol. The molecular weight excluding hydrogens is 226 g/mol. The lowest BCUT2D eigenvalue weighted by atomic mass is 9.80. The highest BCUT2D eigenvalue weighted by molar-refractivity contribution is 5.76. The van der Waals surface area contributed by atoms with Gasteiger partial charge in [0, 0.05) is 19.8 Å². The molecule has 0 spiro atoms. The molecule has 98 valence electrons. The fraction of sp³-hybridized carbons (Fsp3) is 0.818. The molecule has 1 amide bonds. The van der Waals surface area contributed by atoms with Gasteiger partial charge in [0.1, 0.15) is 0 Å². The van der Waals surface area contributed by atoms with Gasteiger partial charge in [-0.1, -0.05) is 0 Å². The van der Waals surface area contributed by atoms with Gasteiger partial charge in [-0.25, -0.2) is 4.79 Å². The van der Waals surface area contributed by atoms with Crippen molar-refractivity contribution < 1.29 is 24.2 Å². The molecule has 1 aliphatic rings. The number of hydrogen-bond donors (Lipinski definition) is 2. The Kier molecular flexibility index (Phi) is 4.74. The van der Waals surface area contributed by atoms with Crippen LogP contribution in [0.15, 0.2) is 0 Å². The van der Waals surface area contributed by atoms with Gasteiger partial charge in [-0.05, 0) is 26.7 Å². The number of carbonyl (C=O) groups excluding carboxylic acids is 1. The molecule has 0 aliphatic carbocycles. The maximum atomic E-state index is 11.3. The lowest BCUT2D eigenvalue weighted by Crippen LogP contribution is -2.46. The molecule has 0 aromatic rings. The van der Waals surface area contributed by atoms with Gasteiger partial charge >= 0.3 is 12.1 Å². The largest absolute Gasteiger partial charge is 0.481 e. The number of alkyl carbamates (subject to hydrolysis) is 1. The molecule has 0 aromatic carbocycles. The Morgan fingerprint density at radius 1 is 1.41 bits per heavy atom. The molecule has 1 fully saturated rings. The van der Waals surface area contributed by atoms with E-state index in [4.69, 9.17) is 9.47 Å². The van der Waals surface area contributed by atoms with Crippen LogP contribution in [-0.2, 0) is 14.3 Å². The molecule has 0 radical (unpaired) electrons. The van der Waals surface area contributed by atoms with Crippen molar-refractivity contribution in [3.05, 3.63) is 0 Å². The van der Waals surface area contributed by atoms with E-state index in [1.807, 2.05) is 0 Å². The molecule has 0 bridgehead atoms. The third kappa shape index (κ3) is 3.89. The van der Waals surface area contributed by atoms with Gasteiger partial charge in [0.2, 0.25) is 0 Å². The van der Waals surface area contributed by atoms with Gasteiger partial charge < -0.3 is 19.9 Å². The number of aliphatic carboxylic acids is 1. The van der Waals surface area contributed by atoms with Crippen molar-refractivity contribution in [3.63, 3.8) is 0 Å². The molecular formula is C11H19NO5. The van der Waals surface area contributed by atoms with Crippen molar-refractivity contribution in [3.8, 4) is 0 Å². The van der Waals surface area contributed by atoms with Gasteiger partial charge in [-0.2, -0.15) is 0 Å². The fourth-order valence-electron chi connectivity index (χ4n) is 1.73. The average Bonchev–Trinajstić information content (AvgIpc) is 2.26. The van der Waals surface area contributed by atoms with E-state index >= 15 is 0 Å². The highest BCUT2D eigenvalue weighted by Crippen LogP contribution is 2.30. The third-order valence-corrected chi connectivity index (χ3v) is 2.82. The number of hydrogen-bond acceptors (Lipinski definition) is 4. The summed E-state index contributed by atoms with van der Waals surface area (Å²) in [5.74, 6) is -0.898. The van der Waals surface area contributed by atoms with E-state index < -0.39 is 17.5 Å². The van der Waals surface area contributed by atoms with Crippen LogP contribution >= 0.6 is 0 Å². The van der Waals surface area contributed by atoms with Crippen molar-refractivity contribution in [1.29, 1.82) is 0 Å². The van der Waals surface area contributed by atoms with Crippen LogP contribution in [0.25, 0.3) is 0 Å². The predicted molar refractivity (Wildman–Crippen MR) is 59.7 cm³/mol. The SMILES string of the molecule is CC(C)OC(=O)NCC1(C(=O)O)CCOCC1. The molecule has 2 N–H and O–H groups in total. The number of rotatable bonds is 4. The van der Waals surface area contributed by atoms with Crippen LogP contribution in [0.2, 0.25) is 0 Å². The van der Waals surface area contributed by atoms with Crippen LogP contribution in [0.1, 0.15) is 26.7 Å². The molecule has 17 heavy (non-hydrogen) atoms. The number of carboxylic acid groups (broad SMARTS) is 1. The highest BCUT2D eigenvalue weighted by Gasteiger charge is 2.40. The highest BCUT2D eigenvalue weighted by atomic mass is 16.6. The quantitative estimate of drug-likeness (QED) is 0.772. The van der Waals surface area contributed by atoms with Gasteiger partial charge in [0.15, 0.2) is 0 Å². The molecule has 0 atom stereocenters. The summed E-state index contributed by atoms with van der Waals surface area (Å²) in [5.41, 5.74) is -0.922. The zero-order chi connectivity index (χ0) is 12.9. The summed E-state index contributed by atoms with van der Waals surface area (Å²) in [5, 5.41) is 11.7. The number of carboxylic acids is 1. The van der Waals surface area contributed by atoms with Gasteiger partial charge in [-0.15, -0.1) is 0 Å². The first-order valence-corrected chi connectivity index (χ1v) is 5.72. The van der Waals surface area contributed by atoms with E-state index in [-0.39, 0.29) is 12.6 Å². The summed E-state index contributed by atoms with van der Waals surface area (Å²) < 4.78 is 10.0. The number of amides is 1. The van der Waals surface area contributed by atoms with E-state index in [0.29, 0.717) is 26.1 Å². The van der Waals surface area contributed by atoms with E-state index in [1.165, 1.54) is 0 Å². The second-order valence-corrected chi connectivity index (χ2v) is 4.51. The van der Waals surface area contributed by atoms with Crippen molar-refractivity contribution in [2.75, 3.05) is 19.8 Å². The van der Waals surface area contributed by atoms with Crippen molar-refractivity contribution in [2.45, 2.75) is 32.8 Å². The lowest BCUT2D eigenvalue weighted by Gasteiger charge is -2.32. The predicted octanol–water partition coefficient (Wildman–Crippen LogP) is 1.00. The second kappa shape index (κ2) is 5.86. The van der Waals surface area contributed by atoms with Crippen LogP contribution in [-0.4, -0.2) is 43.0 Å². The minimum Gasteiger partial charge on any atom is -0.481 e. The summed E-state index contributed by atoms with van der Waals surface area (Å²) >= 11 is 0. The Bertz CT molecular complexity index is 284. The molecule has 1 heterocycles. The van der Waals surface area contributed by atoms with Crippen molar-refractivity contribution in [2.24, 2.45) is 5.41 Å². The normalized spacial score (nSPS) is 18.8. The van der Waals surface area contributed by atoms with Crippen LogP contribution in [0, 0.1) is 5.41 Å². The number of carbonyl (C=O) groups is 2. The van der Waals surface area contributed by atoms with E-state index in [2.05, 4.69) is 5.32 Å². The maximum Gasteiger partial charge on any atom is 0.407 e. The Hall–Kier alpha value is -1.30. The summed E-state index contributed by atoms with van der Waals surface area (Å²) in [6.07, 6.45) is 0.0202.